The summed E-state index contributed by atoms with van der Waals surface area (Å²) >= 11 is 0. The third-order valence-corrected chi connectivity index (χ3v) is 2.14. The van der Waals surface area contributed by atoms with Crippen LogP contribution < -0.4 is 10.6 Å². The maximum atomic E-state index is 12.0. The molecule has 0 aliphatic rings. The van der Waals surface area contributed by atoms with Crippen molar-refractivity contribution in [3.8, 4) is 0 Å². The fourth-order valence-corrected chi connectivity index (χ4v) is 1.26. The minimum absolute atomic E-state index is 0.149. The summed E-state index contributed by atoms with van der Waals surface area (Å²) in [5.74, 6) is 0.393. The average molecular weight is 233 g/mol. The highest BCUT2D eigenvalue weighted by atomic mass is 19.4. The largest absolute Gasteiger partial charge is 0.396 e. The summed E-state index contributed by atoms with van der Waals surface area (Å²) in [6.07, 6.45) is -5.04. The number of pyridine rings is 1. The van der Waals surface area contributed by atoms with Gasteiger partial charge in [0.25, 0.3) is 0 Å². The fraction of sp³-hybridized carbons (Fsp3) is 0.500. The molecule has 16 heavy (non-hydrogen) atoms. The highest BCUT2D eigenvalue weighted by Gasteiger charge is 2.27. The van der Waals surface area contributed by atoms with Crippen molar-refractivity contribution in [2.75, 3.05) is 24.2 Å². The van der Waals surface area contributed by atoms with Gasteiger partial charge in [-0.15, -0.1) is 0 Å². The van der Waals surface area contributed by atoms with Crippen LogP contribution in [0.25, 0.3) is 0 Å². The number of alkyl halides is 3. The summed E-state index contributed by atoms with van der Waals surface area (Å²) in [4.78, 5) is 5.52. The molecule has 2 N–H and O–H groups in total. The number of anilines is 2. The Bertz CT molecular complexity index is 363. The van der Waals surface area contributed by atoms with Crippen LogP contribution in [0, 0.1) is 6.92 Å². The van der Waals surface area contributed by atoms with Gasteiger partial charge in [0.05, 0.1) is 12.1 Å². The van der Waals surface area contributed by atoms with Crippen molar-refractivity contribution in [2.24, 2.45) is 0 Å². The van der Waals surface area contributed by atoms with E-state index in [1.54, 1.807) is 26.1 Å². The lowest BCUT2D eigenvalue weighted by Crippen LogP contribution is -2.25. The molecule has 6 heteroatoms. The van der Waals surface area contributed by atoms with Gasteiger partial charge < -0.3 is 10.6 Å². The summed E-state index contributed by atoms with van der Waals surface area (Å²) in [5.41, 5.74) is 6.75. The number of halogens is 3. The van der Waals surface area contributed by atoms with Crippen LogP contribution in [-0.2, 0) is 0 Å². The highest BCUT2D eigenvalue weighted by Crippen LogP contribution is 2.23. The smallest absolute Gasteiger partial charge is 0.390 e. The number of hydrogen-bond acceptors (Lipinski definition) is 3. The molecule has 1 rings (SSSR count). The van der Waals surface area contributed by atoms with Crippen LogP contribution in [0.1, 0.15) is 12.1 Å². The number of hydrogen-bond donors (Lipinski definition) is 1. The summed E-state index contributed by atoms with van der Waals surface area (Å²) in [7, 11) is 1.55. The van der Waals surface area contributed by atoms with E-state index in [4.69, 9.17) is 5.73 Å². The van der Waals surface area contributed by atoms with Crippen molar-refractivity contribution in [1.82, 2.24) is 4.98 Å². The number of nitrogens with zero attached hydrogens (tertiary/aromatic N) is 2. The summed E-state index contributed by atoms with van der Waals surface area (Å²) in [5, 5.41) is 0. The van der Waals surface area contributed by atoms with E-state index in [1.807, 2.05) is 0 Å². The molecule has 0 amide bonds. The van der Waals surface area contributed by atoms with E-state index in [0.717, 1.165) is 5.69 Å². The fourth-order valence-electron chi connectivity index (χ4n) is 1.26. The SMILES string of the molecule is Cc1ccc(N)c(N(C)CCC(F)(F)F)n1. The molecule has 0 saturated heterocycles. The number of aromatic nitrogens is 1. The first-order valence-electron chi connectivity index (χ1n) is 4.80. The van der Waals surface area contributed by atoms with Gasteiger partial charge in [0.1, 0.15) is 0 Å². The summed E-state index contributed by atoms with van der Waals surface area (Å²) in [6, 6.07) is 3.36. The first-order chi connectivity index (χ1) is 7.29. The number of aryl methyl sites for hydroxylation is 1. The molecule has 1 aromatic heterocycles. The molecular formula is C10H14F3N3. The van der Waals surface area contributed by atoms with Gasteiger partial charge in [-0.3, -0.25) is 0 Å². The van der Waals surface area contributed by atoms with Crippen LogP contribution in [-0.4, -0.2) is 24.8 Å². The van der Waals surface area contributed by atoms with Crippen molar-refractivity contribution in [3.05, 3.63) is 17.8 Å². The molecule has 90 valence electrons. The van der Waals surface area contributed by atoms with Crippen molar-refractivity contribution in [1.29, 1.82) is 0 Å². The second kappa shape index (κ2) is 4.59. The highest BCUT2D eigenvalue weighted by molar-refractivity contribution is 5.62. The van der Waals surface area contributed by atoms with Gasteiger partial charge in [0, 0.05) is 19.3 Å². The van der Waals surface area contributed by atoms with Gasteiger partial charge in [-0.2, -0.15) is 13.2 Å². The third kappa shape index (κ3) is 3.60. The molecule has 0 aromatic carbocycles. The van der Waals surface area contributed by atoms with E-state index in [1.165, 1.54) is 4.90 Å². The van der Waals surface area contributed by atoms with Crippen molar-refractivity contribution >= 4 is 11.5 Å². The Kier molecular flexibility index (Phi) is 3.62. The third-order valence-electron chi connectivity index (χ3n) is 2.14. The average Bonchev–Trinajstić information content (AvgIpc) is 2.17. The van der Waals surface area contributed by atoms with E-state index in [9.17, 15) is 13.2 Å². The molecule has 0 unspecified atom stereocenters. The van der Waals surface area contributed by atoms with Crippen LogP contribution in [0.3, 0.4) is 0 Å². The van der Waals surface area contributed by atoms with Gasteiger partial charge in [-0.05, 0) is 19.1 Å². The van der Waals surface area contributed by atoms with Crippen molar-refractivity contribution in [2.45, 2.75) is 19.5 Å². The molecule has 1 aromatic rings. The molecule has 0 saturated carbocycles. The van der Waals surface area contributed by atoms with E-state index in [-0.39, 0.29) is 6.54 Å². The molecule has 3 nitrogen and oxygen atoms in total. The Morgan fingerprint density at radius 1 is 1.38 bits per heavy atom. The molecule has 0 spiro atoms. The topological polar surface area (TPSA) is 42.1 Å². The monoisotopic (exact) mass is 233 g/mol. The molecule has 0 radical (unpaired) electrons. The quantitative estimate of drug-likeness (QED) is 0.871. The normalized spacial score (nSPS) is 11.6. The zero-order valence-corrected chi connectivity index (χ0v) is 9.17. The molecule has 0 fully saturated rings. The summed E-state index contributed by atoms with van der Waals surface area (Å²) in [6.45, 7) is 1.62. The Morgan fingerprint density at radius 3 is 2.56 bits per heavy atom. The molecule has 0 aliphatic heterocycles. The van der Waals surface area contributed by atoms with Gasteiger partial charge in [0.2, 0.25) is 0 Å². The van der Waals surface area contributed by atoms with Gasteiger partial charge in [-0.1, -0.05) is 0 Å². The van der Waals surface area contributed by atoms with Crippen LogP contribution in [0.4, 0.5) is 24.7 Å². The predicted octanol–water partition coefficient (Wildman–Crippen LogP) is 2.36. The Hall–Kier alpha value is -1.46. The number of nitrogens with two attached hydrogens (primary N) is 1. The second-order valence-corrected chi connectivity index (χ2v) is 3.65. The first kappa shape index (κ1) is 12.6. The molecule has 0 bridgehead atoms. The Labute approximate surface area is 92.1 Å². The Morgan fingerprint density at radius 2 is 2.00 bits per heavy atom. The summed E-state index contributed by atoms with van der Waals surface area (Å²) < 4.78 is 36.1. The lowest BCUT2D eigenvalue weighted by molar-refractivity contribution is -0.132. The minimum Gasteiger partial charge on any atom is -0.396 e. The van der Waals surface area contributed by atoms with E-state index < -0.39 is 12.6 Å². The Balaban J connectivity index is 2.73. The maximum Gasteiger partial charge on any atom is 0.390 e. The first-order valence-corrected chi connectivity index (χ1v) is 4.80. The second-order valence-electron chi connectivity index (χ2n) is 3.65. The van der Waals surface area contributed by atoms with Crippen LogP contribution in [0.15, 0.2) is 12.1 Å². The van der Waals surface area contributed by atoms with E-state index in [2.05, 4.69) is 4.98 Å². The molecule has 0 aliphatic carbocycles. The number of rotatable bonds is 3. The van der Waals surface area contributed by atoms with Crippen molar-refractivity contribution in [3.63, 3.8) is 0 Å². The van der Waals surface area contributed by atoms with Crippen LogP contribution >= 0.6 is 0 Å². The number of nitrogen functional groups attached to an aromatic ring is 1. The van der Waals surface area contributed by atoms with Crippen LogP contribution in [0.5, 0.6) is 0 Å². The maximum absolute atomic E-state index is 12.0. The van der Waals surface area contributed by atoms with Crippen LogP contribution in [0.2, 0.25) is 0 Å². The zero-order valence-electron chi connectivity index (χ0n) is 9.17. The predicted molar refractivity (Wildman–Crippen MR) is 57.3 cm³/mol. The molecular weight excluding hydrogens is 219 g/mol. The van der Waals surface area contributed by atoms with Gasteiger partial charge in [-0.25, -0.2) is 4.98 Å². The molecule has 0 atom stereocenters. The van der Waals surface area contributed by atoms with E-state index in [0.29, 0.717) is 11.5 Å². The lowest BCUT2D eigenvalue weighted by atomic mass is 10.3. The minimum atomic E-state index is -4.16. The lowest BCUT2D eigenvalue weighted by Gasteiger charge is -2.20. The van der Waals surface area contributed by atoms with Crippen molar-refractivity contribution < 1.29 is 13.2 Å². The standard InChI is InChI=1S/C10H14F3N3/c1-7-3-4-8(14)9(15-7)16(2)6-5-10(11,12)13/h3-4H,5-6,14H2,1-2H3. The van der Waals surface area contributed by atoms with Gasteiger partial charge in [0.15, 0.2) is 5.82 Å². The van der Waals surface area contributed by atoms with E-state index >= 15 is 0 Å². The zero-order chi connectivity index (χ0) is 12.3. The van der Waals surface area contributed by atoms with Gasteiger partial charge >= 0.3 is 6.18 Å². The molecule has 1 heterocycles.